The van der Waals surface area contributed by atoms with Crippen molar-refractivity contribution < 1.29 is 5.11 Å². The fraction of sp³-hybridized carbons (Fsp3) is 1.00. The predicted octanol–water partition coefficient (Wildman–Crippen LogP) is 0.299. The van der Waals surface area contributed by atoms with E-state index in [1.54, 1.807) is 0 Å². The maximum atomic E-state index is 9.11. The van der Waals surface area contributed by atoms with Crippen molar-refractivity contribution in [2.45, 2.75) is 26.8 Å². The summed E-state index contributed by atoms with van der Waals surface area (Å²) in [5, 5.41) is 12.5. The van der Waals surface area contributed by atoms with Crippen LogP contribution in [0.1, 0.15) is 20.8 Å². The summed E-state index contributed by atoms with van der Waals surface area (Å²) in [6.45, 7) is 11.1. The highest BCUT2D eigenvalue weighted by Gasteiger charge is 2.27. The number of likely N-dealkylation sites (N-methyl/N-ethyl adjacent to an activating group) is 1. The van der Waals surface area contributed by atoms with Crippen LogP contribution in [-0.2, 0) is 0 Å². The van der Waals surface area contributed by atoms with Crippen molar-refractivity contribution in [3.8, 4) is 0 Å². The zero-order chi connectivity index (χ0) is 9.90. The van der Waals surface area contributed by atoms with Crippen molar-refractivity contribution in [1.82, 2.24) is 10.2 Å². The first-order chi connectivity index (χ1) is 6.07. The lowest BCUT2D eigenvalue weighted by Gasteiger charge is -2.27. The van der Waals surface area contributed by atoms with Crippen LogP contribution in [0, 0.1) is 5.41 Å². The highest BCUT2D eigenvalue weighted by Crippen LogP contribution is 2.18. The van der Waals surface area contributed by atoms with Crippen molar-refractivity contribution >= 4 is 0 Å². The Hall–Kier alpha value is -0.120. The summed E-state index contributed by atoms with van der Waals surface area (Å²) in [6, 6.07) is 0.252. The molecule has 1 unspecified atom stereocenters. The molecule has 0 aliphatic carbocycles. The summed E-state index contributed by atoms with van der Waals surface area (Å²) in [6.07, 6.45) is 0. The van der Waals surface area contributed by atoms with E-state index >= 15 is 0 Å². The van der Waals surface area contributed by atoms with Crippen LogP contribution < -0.4 is 5.32 Å². The third-order valence-corrected chi connectivity index (χ3v) is 2.67. The molecule has 0 amide bonds. The molecule has 78 valence electrons. The molecule has 0 aromatic heterocycles. The highest BCUT2D eigenvalue weighted by molar-refractivity contribution is 4.84. The van der Waals surface area contributed by atoms with Gasteiger partial charge in [0, 0.05) is 25.7 Å². The van der Waals surface area contributed by atoms with E-state index in [0.29, 0.717) is 5.41 Å². The van der Waals surface area contributed by atoms with Crippen LogP contribution in [0.4, 0.5) is 0 Å². The van der Waals surface area contributed by atoms with E-state index < -0.39 is 0 Å². The van der Waals surface area contributed by atoms with E-state index in [0.717, 1.165) is 26.2 Å². The molecule has 0 saturated carbocycles. The molecule has 0 aromatic rings. The Kier molecular flexibility index (Phi) is 3.71. The van der Waals surface area contributed by atoms with E-state index in [-0.39, 0.29) is 12.6 Å². The molecule has 0 bridgehead atoms. The van der Waals surface area contributed by atoms with Gasteiger partial charge in [-0.25, -0.2) is 0 Å². The number of rotatable bonds is 2. The van der Waals surface area contributed by atoms with E-state index in [2.05, 4.69) is 31.0 Å². The summed E-state index contributed by atoms with van der Waals surface area (Å²) in [7, 11) is 0. The topological polar surface area (TPSA) is 35.5 Å². The standard InChI is InChI=1S/C10H22N2O/c1-4-12-5-9(6-13)11-7-10(2,3)8-12/h9,11,13H,4-8H2,1-3H3. The average Bonchev–Trinajstić information content (AvgIpc) is 2.23. The minimum absolute atomic E-state index is 0.243. The van der Waals surface area contributed by atoms with Gasteiger partial charge in [-0.3, -0.25) is 0 Å². The van der Waals surface area contributed by atoms with Gasteiger partial charge in [-0.05, 0) is 12.0 Å². The summed E-state index contributed by atoms with van der Waals surface area (Å²) in [5.74, 6) is 0. The molecule has 0 spiro atoms. The third-order valence-electron chi connectivity index (χ3n) is 2.67. The minimum Gasteiger partial charge on any atom is -0.395 e. The fourth-order valence-electron chi connectivity index (χ4n) is 1.89. The van der Waals surface area contributed by atoms with E-state index in [1.165, 1.54) is 0 Å². The monoisotopic (exact) mass is 186 g/mol. The molecule has 1 atom stereocenters. The quantitative estimate of drug-likeness (QED) is 0.651. The lowest BCUT2D eigenvalue weighted by molar-refractivity contribution is 0.189. The molecule has 1 aliphatic rings. The number of hydrogen-bond donors (Lipinski definition) is 2. The van der Waals surface area contributed by atoms with Gasteiger partial charge >= 0.3 is 0 Å². The second-order valence-corrected chi connectivity index (χ2v) is 4.75. The molecule has 3 nitrogen and oxygen atoms in total. The molecule has 0 radical (unpaired) electrons. The number of nitrogens with one attached hydrogen (secondary N) is 1. The zero-order valence-corrected chi connectivity index (χ0v) is 9.01. The Morgan fingerprint density at radius 3 is 2.77 bits per heavy atom. The van der Waals surface area contributed by atoms with E-state index in [9.17, 15) is 0 Å². The van der Waals surface area contributed by atoms with E-state index in [4.69, 9.17) is 5.11 Å². The highest BCUT2D eigenvalue weighted by atomic mass is 16.3. The van der Waals surface area contributed by atoms with Gasteiger partial charge in [-0.15, -0.1) is 0 Å². The maximum absolute atomic E-state index is 9.11. The predicted molar refractivity (Wildman–Crippen MR) is 54.8 cm³/mol. The third kappa shape index (κ3) is 3.25. The van der Waals surface area contributed by atoms with Gasteiger partial charge in [0.25, 0.3) is 0 Å². The molecule has 1 saturated heterocycles. The number of hydrogen-bond acceptors (Lipinski definition) is 3. The SMILES string of the molecule is CCN1CC(CO)NCC(C)(C)C1. The summed E-state index contributed by atoms with van der Waals surface area (Å²) < 4.78 is 0. The first kappa shape index (κ1) is 11.0. The van der Waals surface area contributed by atoms with Crippen molar-refractivity contribution in [1.29, 1.82) is 0 Å². The lowest BCUT2D eigenvalue weighted by atomic mass is 9.93. The average molecular weight is 186 g/mol. The van der Waals surface area contributed by atoms with Gasteiger partial charge in [-0.2, -0.15) is 0 Å². The number of aliphatic hydroxyl groups excluding tert-OH is 1. The number of nitrogens with zero attached hydrogens (tertiary/aromatic N) is 1. The Morgan fingerprint density at radius 2 is 2.23 bits per heavy atom. The Balaban J connectivity index is 2.57. The van der Waals surface area contributed by atoms with Crippen molar-refractivity contribution in [2.75, 3.05) is 32.8 Å². The van der Waals surface area contributed by atoms with Gasteiger partial charge in [-0.1, -0.05) is 20.8 Å². The smallest absolute Gasteiger partial charge is 0.0597 e. The van der Waals surface area contributed by atoms with Gasteiger partial charge in [0.15, 0.2) is 0 Å². The fourth-order valence-corrected chi connectivity index (χ4v) is 1.89. The number of aliphatic hydroxyl groups is 1. The van der Waals surface area contributed by atoms with Crippen LogP contribution in [0.15, 0.2) is 0 Å². The van der Waals surface area contributed by atoms with Crippen LogP contribution in [0.25, 0.3) is 0 Å². The zero-order valence-electron chi connectivity index (χ0n) is 9.01. The second-order valence-electron chi connectivity index (χ2n) is 4.75. The Morgan fingerprint density at radius 1 is 1.54 bits per heavy atom. The lowest BCUT2D eigenvalue weighted by Crippen LogP contribution is -2.40. The van der Waals surface area contributed by atoms with Crippen molar-refractivity contribution in [3.05, 3.63) is 0 Å². The normalized spacial score (nSPS) is 30.0. The first-order valence-electron chi connectivity index (χ1n) is 5.14. The van der Waals surface area contributed by atoms with E-state index in [1.807, 2.05) is 0 Å². The minimum atomic E-state index is 0.243. The Labute approximate surface area is 81.1 Å². The summed E-state index contributed by atoms with van der Waals surface area (Å²) in [4.78, 5) is 2.40. The van der Waals surface area contributed by atoms with Gasteiger partial charge in [0.1, 0.15) is 0 Å². The second kappa shape index (κ2) is 4.40. The van der Waals surface area contributed by atoms with Gasteiger partial charge < -0.3 is 15.3 Å². The van der Waals surface area contributed by atoms with Crippen LogP contribution in [0.3, 0.4) is 0 Å². The maximum Gasteiger partial charge on any atom is 0.0597 e. The van der Waals surface area contributed by atoms with Crippen LogP contribution in [-0.4, -0.2) is 48.8 Å². The molecule has 2 N–H and O–H groups in total. The Bertz CT molecular complexity index is 159. The largest absolute Gasteiger partial charge is 0.395 e. The molecule has 0 aromatic carbocycles. The van der Waals surface area contributed by atoms with Crippen LogP contribution in [0.5, 0.6) is 0 Å². The molecule has 1 rings (SSSR count). The van der Waals surface area contributed by atoms with Gasteiger partial charge in [0.05, 0.1) is 6.61 Å². The molecule has 13 heavy (non-hydrogen) atoms. The summed E-state index contributed by atoms with van der Waals surface area (Å²) >= 11 is 0. The summed E-state index contributed by atoms with van der Waals surface area (Å²) in [5.41, 5.74) is 0.319. The molecular formula is C10H22N2O. The molecule has 1 heterocycles. The van der Waals surface area contributed by atoms with Crippen LogP contribution in [0.2, 0.25) is 0 Å². The molecule has 1 aliphatic heterocycles. The van der Waals surface area contributed by atoms with Crippen molar-refractivity contribution in [2.24, 2.45) is 5.41 Å². The van der Waals surface area contributed by atoms with Crippen LogP contribution >= 0.6 is 0 Å². The first-order valence-corrected chi connectivity index (χ1v) is 5.14. The molecule has 1 fully saturated rings. The molecule has 3 heteroatoms. The molecular weight excluding hydrogens is 164 g/mol. The van der Waals surface area contributed by atoms with Crippen molar-refractivity contribution in [3.63, 3.8) is 0 Å². The van der Waals surface area contributed by atoms with Gasteiger partial charge in [0.2, 0.25) is 0 Å².